The van der Waals surface area contributed by atoms with Crippen molar-refractivity contribution >= 4 is 39.3 Å². The van der Waals surface area contributed by atoms with Crippen LogP contribution in [0.15, 0.2) is 66.7 Å². The highest BCUT2D eigenvalue weighted by atomic mass is 16.1. The van der Waals surface area contributed by atoms with Gasteiger partial charge in [-0.2, -0.15) is 4.98 Å². The number of amides is 1. The number of benzene rings is 3. The number of para-hydroxylation sites is 1. The Bertz CT molecular complexity index is 1310. The van der Waals surface area contributed by atoms with Gasteiger partial charge in [0.15, 0.2) is 0 Å². The minimum atomic E-state index is 0.00628. The average Bonchev–Trinajstić information content (AvgIpc) is 2.87. The van der Waals surface area contributed by atoms with E-state index in [0.717, 1.165) is 65.3 Å². The Hall–Kier alpha value is -3.67. The van der Waals surface area contributed by atoms with E-state index in [-0.39, 0.29) is 5.91 Å². The lowest BCUT2D eigenvalue weighted by atomic mass is 9.86. The maximum absolute atomic E-state index is 12.7. The van der Waals surface area contributed by atoms with E-state index in [9.17, 15) is 4.79 Å². The molecule has 2 N–H and O–H groups in total. The van der Waals surface area contributed by atoms with Crippen molar-refractivity contribution in [1.82, 2.24) is 15.3 Å². The number of aromatic nitrogens is 2. The van der Waals surface area contributed by atoms with Crippen molar-refractivity contribution in [1.29, 1.82) is 0 Å². The molecule has 1 heterocycles. The maximum atomic E-state index is 12.7. The molecule has 5 rings (SSSR count). The minimum absolute atomic E-state index is 0.00628. The molecule has 0 aliphatic heterocycles. The van der Waals surface area contributed by atoms with Crippen molar-refractivity contribution < 1.29 is 4.79 Å². The van der Waals surface area contributed by atoms with E-state index < -0.39 is 0 Å². The second-order valence-electron chi connectivity index (χ2n) is 9.42. The van der Waals surface area contributed by atoms with Crippen molar-refractivity contribution in [3.8, 4) is 0 Å². The summed E-state index contributed by atoms with van der Waals surface area (Å²) in [7, 11) is 4.02. The molecule has 0 bridgehead atoms. The molecule has 34 heavy (non-hydrogen) atoms. The number of rotatable bonds is 6. The number of hydrogen-bond acceptors (Lipinski definition) is 5. The summed E-state index contributed by atoms with van der Waals surface area (Å²) in [5.74, 6) is 2.12. The number of fused-ring (bicyclic) bond motifs is 2. The normalized spacial score (nSPS) is 18.1. The van der Waals surface area contributed by atoms with Gasteiger partial charge in [0.25, 0.3) is 5.91 Å². The summed E-state index contributed by atoms with van der Waals surface area (Å²) in [5, 5.41) is 10.0. The van der Waals surface area contributed by atoms with E-state index in [1.807, 2.05) is 73.6 Å². The quantitative estimate of drug-likeness (QED) is 0.417. The van der Waals surface area contributed by atoms with Gasteiger partial charge in [0, 0.05) is 37.6 Å². The van der Waals surface area contributed by atoms with Crippen molar-refractivity contribution in [2.75, 3.05) is 30.9 Å². The van der Waals surface area contributed by atoms with Crippen molar-refractivity contribution in [3.63, 3.8) is 0 Å². The van der Waals surface area contributed by atoms with Gasteiger partial charge in [-0.05, 0) is 66.6 Å². The molecule has 3 aromatic carbocycles. The Labute approximate surface area is 200 Å². The van der Waals surface area contributed by atoms with Crippen LogP contribution in [0.2, 0.25) is 0 Å². The second-order valence-corrected chi connectivity index (χ2v) is 9.42. The topological polar surface area (TPSA) is 70.2 Å². The Balaban J connectivity index is 1.15. The molecule has 0 atom stereocenters. The third-order valence-electron chi connectivity index (χ3n) is 6.75. The molecule has 0 radical (unpaired) electrons. The van der Waals surface area contributed by atoms with Crippen LogP contribution in [0, 0.1) is 5.92 Å². The number of nitrogens with one attached hydrogen (secondary N) is 2. The van der Waals surface area contributed by atoms with Crippen molar-refractivity contribution in [3.05, 3.63) is 72.3 Å². The van der Waals surface area contributed by atoms with Gasteiger partial charge in [-0.25, -0.2) is 4.98 Å². The zero-order valence-electron chi connectivity index (χ0n) is 19.8. The molecular formula is C28H31N5O. The summed E-state index contributed by atoms with van der Waals surface area (Å²) >= 11 is 0. The van der Waals surface area contributed by atoms with Gasteiger partial charge in [-0.1, -0.05) is 42.5 Å². The zero-order chi connectivity index (χ0) is 23.5. The molecule has 0 saturated heterocycles. The lowest BCUT2D eigenvalue weighted by Gasteiger charge is -2.29. The Morgan fingerprint density at radius 3 is 2.44 bits per heavy atom. The van der Waals surface area contributed by atoms with Gasteiger partial charge in [0.1, 0.15) is 5.82 Å². The third kappa shape index (κ3) is 4.81. The SMILES string of the molecule is CN(C)c1nc(N[C@H]2CC[C@@H](CNC(=O)c3ccc4ccccc4c3)CC2)nc2ccccc12. The van der Waals surface area contributed by atoms with E-state index in [0.29, 0.717) is 17.9 Å². The molecule has 1 fully saturated rings. The summed E-state index contributed by atoms with van der Waals surface area (Å²) in [6.07, 6.45) is 4.24. The van der Waals surface area contributed by atoms with Gasteiger partial charge in [0.2, 0.25) is 5.95 Å². The fourth-order valence-electron chi connectivity index (χ4n) is 4.83. The van der Waals surface area contributed by atoms with E-state index in [1.165, 1.54) is 0 Å². The number of carbonyl (C=O) groups is 1. The standard InChI is InChI=1S/C28H31N5O/c1-33(2)26-24-9-5-6-10-25(24)31-28(32-26)30-23-15-11-19(12-16-23)18-29-27(34)22-14-13-20-7-3-4-8-21(20)17-22/h3-10,13-14,17,19,23H,11-12,15-16,18H2,1-2H3,(H,29,34)(H,30,31,32)/t19-,23+. The van der Waals surface area contributed by atoms with Gasteiger partial charge in [-0.15, -0.1) is 0 Å². The molecule has 6 nitrogen and oxygen atoms in total. The summed E-state index contributed by atoms with van der Waals surface area (Å²) in [6, 6.07) is 22.5. The summed E-state index contributed by atoms with van der Waals surface area (Å²) < 4.78 is 0. The van der Waals surface area contributed by atoms with Gasteiger partial charge < -0.3 is 15.5 Å². The maximum Gasteiger partial charge on any atom is 0.251 e. The number of anilines is 2. The number of carbonyl (C=O) groups excluding carboxylic acids is 1. The molecule has 174 valence electrons. The van der Waals surface area contributed by atoms with E-state index in [2.05, 4.69) is 22.8 Å². The molecule has 4 aromatic rings. The predicted molar refractivity (Wildman–Crippen MR) is 140 cm³/mol. The Morgan fingerprint density at radius 1 is 0.912 bits per heavy atom. The van der Waals surface area contributed by atoms with Crippen LogP contribution in [-0.4, -0.2) is 42.6 Å². The lowest BCUT2D eigenvalue weighted by molar-refractivity contribution is 0.0943. The molecule has 1 aliphatic rings. The first kappa shape index (κ1) is 22.1. The van der Waals surface area contributed by atoms with Gasteiger partial charge in [-0.3, -0.25) is 4.79 Å². The molecule has 0 unspecified atom stereocenters. The fraction of sp³-hybridized carbons (Fsp3) is 0.321. The molecule has 1 aliphatic carbocycles. The van der Waals surface area contributed by atoms with E-state index >= 15 is 0 Å². The first-order valence-corrected chi connectivity index (χ1v) is 12.0. The van der Waals surface area contributed by atoms with Crippen LogP contribution in [0.5, 0.6) is 0 Å². The highest BCUT2D eigenvalue weighted by Gasteiger charge is 2.23. The van der Waals surface area contributed by atoms with Crippen LogP contribution in [-0.2, 0) is 0 Å². The van der Waals surface area contributed by atoms with Crippen LogP contribution in [0.25, 0.3) is 21.7 Å². The summed E-state index contributed by atoms with van der Waals surface area (Å²) in [4.78, 5) is 24.2. The van der Waals surface area contributed by atoms with Crippen molar-refractivity contribution in [2.45, 2.75) is 31.7 Å². The fourth-order valence-corrected chi connectivity index (χ4v) is 4.83. The van der Waals surface area contributed by atoms with Crippen LogP contribution in [0.4, 0.5) is 11.8 Å². The monoisotopic (exact) mass is 453 g/mol. The molecular weight excluding hydrogens is 422 g/mol. The number of hydrogen-bond donors (Lipinski definition) is 2. The molecule has 1 saturated carbocycles. The predicted octanol–water partition coefficient (Wildman–Crippen LogP) is 5.25. The molecule has 0 spiro atoms. The smallest absolute Gasteiger partial charge is 0.251 e. The molecule has 1 aromatic heterocycles. The zero-order valence-corrected chi connectivity index (χ0v) is 19.8. The van der Waals surface area contributed by atoms with Crippen molar-refractivity contribution in [2.24, 2.45) is 5.92 Å². The Morgan fingerprint density at radius 2 is 1.65 bits per heavy atom. The van der Waals surface area contributed by atoms with Crippen LogP contribution < -0.4 is 15.5 Å². The van der Waals surface area contributed by atoms with Crippen LogP contribution in [0.3, 0.4) is 0 Å². The first-order valence-electron chi connectivity index (χ1n) is 12.0. The van der Waals surface area contributed by atoms with E-state index in [4.69, 9.17) is 9.97 Å². The average molecular weight is 454 g/mol. The van der Waals surface area contributed by atoms with Crippen LogP contribution >= 0.6 is 0 Å². The Kier molecular flexibility index (Phi) is 6.30. The van der Waals surface area contributed by atoms with Gasteiger partial charge in [0.05, 0.1) is 5.52 Å². The summed E-state index contributed by atoms with van der Waals surface area (Å²) in [5.41, 5.74) is 1.67. The van der Waals surface area contributed by atoms with Gasteiger partial charge >= 0.3 is 0 Å². The molecule has 6 heteroatoms. The largest absolute Gasteiger partial charge is 0.362 e. The second kappa shape index (κ2) is 9.67. The molecule has 1 amide bonds. The van der Waals surface area contributed by atoms with E-state index in [1.54, 1.807) is 0 Å². The summed E-state index contributed by atoms with van der Waals surface area (Å²) in [6.45, 7) is 0.718. The first-order chi connectivity index (χ1) is 16.6. The lowest BCUT2D eigenvalue weighted by Crippen LogP contribution is -2.34. The van der Waals surface area contributed by atoms with Crippen LogP contribution in [0.1, 0.15) is 36.0 Å². The third-order valence-corrected chi connectivity index (χ3v) is 6.75. The highest BCUT2D eigenvalue weighted by Crippen LogP contribution is 2.28. The highest BCUT2D eigenvalue weighted by molar-refractivity contribution is 5.98. The minimum Gasteiger partial charge on any atom is -0.362 e. The number of nitrogens with zero attached hydrogens (tertiary/aromatic N) is 3.